The van der Waals surface area contributed by atoms with Gasteiger partial charge in [0.2, 0.25) is 0 Å². The van der Waals surface area contributed by atoms with Crippen LogP contribution in [0.3, 0.4) is 0 Å². The molecule has 0 bridgehead atoms. The van der Waals surface area contributed by atoms with Gasteiger partial charge in [0.05, 0.1) is 11.4 Å². The van der Waals surface area contributed by atoms with Gasteiger partial charge in [-0.15, -0.1) is 0 Å². The molecule has 0 N–H and O–H groups in total. The standard InChI is InChI=1S/C8H16O3S/c1-4-10-6(2)5-11-8(9)7(3)12/h6-7,12H,4-5H2,1-3H3. The molecule has 0 aromatic heterocycles. The Morgan fingerprint density at radius 1 is 1.50 bits per heavy atom. The zero-order valence-corrected chi connectivity index (χ0v) is 8.64. The zero-order chi connectivity index (χ0) is 9.56. The summed E-state index contributed by atoms with van der Waals surface area (Å²) >= 11 is 3.93. The Morgan fingerprint density at radius 2 is 2.08 bits per heavy atom. The maximum atomic E-state index is 10.9. The molecule has 0 rings (SSSR count). The van der Waals surface area contributed by atoms with Crippen molar-refractivity contribution in [3.05, 3.63) is 0 Å². The van der Waals surface area contributed by atoms with Crippen molar-refractivity contribution in [3.8, 4) is 0 Å². The molecule has 0 aliphatic rings. The molecular formula is C8H16O3S. The van der Waals surface area contributed by atoms with E-state index in [4.69, 9.17) is 9.47 Å². The Morgan fingerprint density at radius 3 is 2.50 bits per heavy atom. The first-order chi connectivity index (χ1) is 5.57. The fraction of sp³-hybridized carbons (Fsp3) is 0.875. The van der Waals surface area contributed by atoms with E-state index in [9.17, 15) is 4.79 Å². The van der Waals surface area contributed by atoms with Gasteiger partial charge in [0.1, 0.15) is 6.61 Å². The van der Waals surface area contributed by atoms with Crippen molar-refractivity contribution in [3.63, 3.8) is 0 Å². The lowest BCUT2D eigenvalue weighted by atomic mass is 10.4. The summed E-state index contributed by atoms with van der Waals surface area (Å²) in [5, 5.41) is -0.362. The molecule has 0 amide bonds. The van der Waals surface area contributed by atoms with E-state index in [0.717, 1.165) is 0 Å². The lowest BCUT2D eigenvalue weighted by molar-refractivity contribution is -0.146. The number of hydrogen-bond acceptors (Lipinski definition) is 4. The molecule has 0 aliphatic carbocycles. The zero-order valence-electron chi connectivity index (χ0n) is 7.74. The molecule has 0 radical (unpaired) electrons. The van der Waals surface area contributed by atoms with Crippen molar-refractivity contribution < 1.29 is 14.3 Å². The third-order valence-corrected chi connectivity index (χ3v) is 1.46. The molecule has 0 heterocycles. The van der Waals surface area contributed by atoms with Gasteiger partial charge in [0.15, 0.2) is 0 Å². The number of hydrogen-bond donors (Lipinski definition) is 1. The number of carbonyl (C=O) groups is 1. The largest absolute Gasteiger partial charge is 0.462 e. The summed E-state index contributed by atoms with van der Waals surface area (Å²) in [5.41, 5.74) is 0. The minimum atomic E-state index is -0.362. The topological polar surface area (TPSA) is 35.5 Å². The molecule has 12 heavy (non-hydrogen) atoms. The summed E-state index contributed by atoms with van der Waals surface area (Å²) in [6.45, 7) is 6.38. The summed E-state index contributed by atoms with van der Waals surface area (Å²) in [7, 11) is 0. The van der Waals surface area contributed by atoms with Gasteiger partial charge in [-0.05, 0) is 20.8 Å². The molecule has 2 unspecified atom stereocenters. The van der Waals surface area contributed by atoms with E-state index in [1.807, 2.05) is 13.8 Å². The first kappa shape index (κ1) is 11.8. The molecule has 0 aromatic rings. The van der Waals surface area contributed by atoms with Crippen LogP contribution < -0.4 is 0 Å². The number of carbonyl (C=O) groups excluding carboxylic acids is 1. The van der Waals surface area contributed by atoms with Crippen molar-refractivity contribution in [2.24, 2.45) is 0 Å². The Balaban J connectivity index is 3.47. The van der Waals surface area contributed by atoms with Crippen molar-refractivity contribution >= 4 is 18.6 Å². The van der Waals surface area contributed by atoms with Crippen LogP contribution in [0.5, 0.6) is 0 Å². The van der Waals surface area contributed by atoms with Crippen LogP contribution in [0.2, 0.25) is 0 Å². The summed E-state index contributed by atoms with van der Waals surface area (Å²) in [4.78, 5) is 10.9. The first-order valence-corrected chi connectivity index (χ1v) is 4.55. The fourth-order valence-electron chi connectivity index (χ4n) is 0.653. The molecule has 0 fully saturated rings. The predicted octanol–water partition coefficient (Wildman–Crippen LogP) is 1.27. The van der Waals surface area contributed by atoms with Gasteiger partial charge in [-0.3, -0.25) is 4.79 Å². The van der Waals surface area contributed by atoms with E-state index < -0.39 is 0 Å². The van der Waals surface area contributed by atoms with Gasteiger partial charge >= 0.3 is 5.97 Å². The van der Waals surface area contributed by atoms with Gasteiger partial charge in [0.25, 0.3) is 0 Å². The maximum Gasteiger partial charge on any atom is 0.318 e. The van der Waals surface area contributed by atoms with Gasteiger partial charge in [-0.1, -0.05) is 0 Å². The van der Waals surface area contributed by atoms with E-state index in [1.54, 1.807) is 6.92 Å². The minimum Gasteiger partial charge on any atom is -0.462 e. The van der Waals surface area contributed by atoms with Gasteiger partial charge in [0, 0.05) is 6.61 Å². The molecule has 4 heteroatoms. The van der Waals surface area contributed by atoms with Crippen molar-refractivity contribution in [1.29, 1.82) is 0 Å². The van der Waals surface area contributed by atoms with E-state index in [1.165, 1.54) is 0 Å². The Hall–Kier alpha value is -0.220. The van der Waals surface area contributed by atoms with Crippen LogP contribution in [0.1, 0.15) is 20.8 Å². The monoisotopic (exact) mass is 192 g/mol. The minimum absolute atomic E-state index is 0.0361. The van der Waals surface area contributed by atoms with Crippen molar-refractivity contribution in [1.82, 2.24) is 0 Å². The molecule has 0 saturated heterocycles. The summed E-state index contributed by atoms with van der Waals surface area (Å²) < 4.78 is 10.0. The SMILES string of the molecule is CCOC(C)COC(=O)C(C)S. The number of rotatable bonds is 5. The molecule has 72 valence electrons. The van der Waals surface area contributed by atoms with Crippen LogP contribution in [0.4, 0.5) is 0 Å². The molecule has 0 aliphatic heterocycles. The quantitative estimate of drug-likeness (QED) is 0.526. The molecule has 3 nitrogen and oxygen atoms in total. The number of esters is 1. The van der Waals surface area contributed by atoms with Crippen LogP contribution in [-0.2, 0) is 14.3 Å². The molecule has 0 aromatic carbocycles. The summed E-state index contributed by atoms with van der Waals surface area (Å²) in [6.07, 6.45) is -0.0361. The number of ether oxygens (including phenoxy) is 2. The van der Waals surface area contributed by atoms with Gasteiger partial charge < -0.3 is 9.47 Å². The maximum absolute atomic E-state index is 10.9. The molecule has 0 spiro atoms. The van der Waals surface area contributed by atoms with Crippen LogP contribution >= 0.6 is 12.6 Å². The lowest BCUT2D eigenvalue weighted by Crippen LogP contribution is -2.22. The van der Waals surface area contributed by atoms with Crippen LogP contribution in [0, 0.1) is 0 Å². The Labute approximate surface area is 78.8 Å². The lowest BCUT2D eigenvalue weighted by Gasteiger charge is -2.12. The Kier molecular flexibility index (Phi) is 6.20. The highest BCUT2D eigenvalue weighted by Gasteiger charge is 2.10. The van der Waals surface area contributed by atoms with Crippen molar-refractivity contribution in [2.75, 3.05) is 13.2 Å². The highest BCUT2D eigenvalue weighted by atomic mass is 32.1. The van der Waals surface area contributed by atoms with Gasteiger partial charge in [-0.25, -0.2) is 0 Å². The third-order valence-electron chi connectivity index (χ3n) is 1.25. The second-order valence-electron chi connectivity index (χ2n) is 2.57. The fourth-order valence-corrected chi connectivity index (χ4v) is 0.727. The molecule has 2 atom stereocenters. The second kappa shape index (κ2) is 6.31. The molecule has 0 saturated carbocycles. The summed E-state index contributed by atoms with van der Waals surface area (Å²) in [5.74, 6) is -0.301. The van der Waals surface area contributed by atoms with Gasteiger partial charge in [-0.2, -0.15) is 12.6 Å². The van der Waals surface area contributed by atoms with Crippen LogP contribution in [0.25, 0.3) is 0 Å². The number of thiol groups is 1. The third kappa shape index (κ3) is 5.43. The van der Waals surface area contributed by atoms with E-state index >= 15 is 0 Å². The first-order valence-electron chi connectivity index (χ1n) is 4.04. The van der Waals surface area contributed by atoms with Crippen molar-refractivity contribution in [2.45, 2.75) is 32.1 Å². The Bertz CT molecular complexity index is 136. The van der Waals surface area contributed by atoms with E-state index in [2.05, 4.69) is 12.6 Å². The highest BCUT2D eigenvalue weighted by molar-refractivity contribution is 7.81. The van der Waals surface area contributed by atoms with Crippen LogP contribution in [-0.4, -0.2) is 30.5 Å². The predicted molar refractivity (Wildman–Crippen MR) is 50.5 cm³/mol. The van der Waals surface area contributed by atoms with E-state index in [0.29, 0.717) is 13.2 Å². The smallest absolute Gasteiger partial charge is 0.318 e. The highest BCUT2D eigenvalue weighted by Crippen LogP contribution is 1.98. The van der Waals surface area contributed by atoms with E-state index in [-0.39, 0.29) is 17.3 Å². The molecular weight excluding hydrogens is 176 g/mol. The normalized spacial score (nSPS) is 15.3. The average Bonchev–Trinajstić information content (AvgIpc) is 2.00. The average molecular weight is 192 g/mol. The summed E-state index contributed by atoms with van der Waals surface area (Å²) in [6, 6.07) is 0. The van der Waals surface area contributed by atoms with Crippen LogP contribution in [0.15, 0.2) is 0 Å². The second-order valence-corrected chi connectivity index (χ2v) is 3.35.